The first kappa shape index (κ1) is 36.6. The Labute approximate surface area is 329 Å². The van der Waals surface area contributed by atoms with Gasteiger partial charge in [0.1, 0.15) is 5.52 Å². The van der Waals surface area contributed by atoms with Crippen molar-refractivity contribution in [1.82, 2.24) is 19.8 Å². The lowest BCUT2D eigenvalue weighted by molar-refractivity contribution is -0.134. The lowest BCUT2D eigenvalue weighted by Gasteiger charge is -2.39. The van der Waals surface area contributed by atoms with Crippen LogP contribution >= 0.6 is 23.2 Å². The highest BCUT2D eigenvalue weighted by Gasteiger charge is 2.51. The molecule has 13 heteroatoms. The molecule has 3 saturated heterocycles. The molecule has 5 fully saturated rings. The molecular weight excluding hydrogens is 760 g/mol. The number of hydrogen-bond donors (Lipinski definition) is 1. The zero-order valence-corrected chi connectivity index (χ0v) is 32.8. The van der Waals surface area contributed by atoms with E-state index in [0.29, 0.717) is 63.7 Å². The number of nitrogens with zero attached hydrogens (tertiary/aromatic N) is 4. The van der Waals surface area contributed by atoms with E-state index < -0.39 is 15.7 Å². The number of sulfone groups is 1. The van der Waals surface area contributed by atoms with E-state index in [4.69, 9.17) is 32.9 Å². The van der Waals surface area contributed by atoms with Gasteiger partial charge in [-0.2, -0.15) is 5.26 Å². The lowest BCUT2D eigenvalue weighted by Crippen LogP contribution is -2.41. The van der Waals surface area contributed by atoms with Gasteiger partial charge >= 0.3 is 0 Å². The number of carbonyl (C=O) groups excluding carboxylic acids is 1. The third kappa shape index (κ3) is 6.21. The van der Waals surface area contributed by atoms with E-state index in [-0.39, 0.29) is 64.5 Å². The van der Waals surface area contributed by atoms with Crippen molar-refractivity contribution in [2.45, 2.75) is 81.2 Å². The van der Waals surface area contributed by atoms with Gasteiger partial charge in [-0.15, -0.1) is 0 Å². The minimum Gasteiger partial charge on any atom is -0.372 e. The number of nitriles is 1. The molecule has 10 rings (SSSR count). The summed E-state index contributed by atoms with van der Waals surface area (Å²) >= 11 is 13.1. The van der Waals surface area contributed by atoms with Crippen LogP contribution < -0.4 is 5.32 Å². The van der Waals surface area contributed by atoms with Crippen LogP contribution in [0.1, 0.15) is 66.7 Å². The number of hydrogen-bond acceptors (Lipinski definition) is 7. The number of amides is 1. The van der Waals surface area contributed by atoms with Crippen LogP contribution in [0, 0.1) is 35.9 Å². The first-order valence-electron chi connectivity index (χ1n) is 18.9. The second-order valence-electron chi connectivity index (χ2n) is 15.6. The van der Waals surface area contributed by atoms with Gasteiger partial charge in [0.05, 0.1) is 51.3 Å². The van der Waals surface area contributed by atoms with Gasteiger partial charge in [0, 0.05) is 77.4 Å². The molecule has 2 aromatic heterocycles. The Hall–Kier alpha value is -4.05. The van der Waals surface area contributed by atoms with Crippen LogP contribution in [0.2, 0.25) is 10.0 Å². The number of aromatic nitrogens is 2. The van der Waals surface area contributed by atoms with E-state index in [9.17, 15) is 18.5 Å². The number of aryl methyl sites for hydroxylation is 2. The van der Waals surface area contributed by atoms with E-state index >= 15 is 4.39 Å². The molecule has 1 amide bonds. The number of pyridine rings is 1. The van der Waals surface area contributed by atoms with Gasteiger partial charge in [-0.3, -0.25) is 4.79 Å². The molecule has 3 aliphatic heterocycles. The quantitative estimate of drug-likeness (QED) is 0.151. The van der Waals surface area contributed by atoms with Crippen molar-refractivity contribution in [2.24, 2.45) is 11.8 Å². The molecule has 2 aliphatic carbocycles. The average molecular weight is 801 g/mol. The second-order valence-corrected chi connectivity index (χ2v) is 18.4. The molecular formula is C42H40Cl2FN5O4S. The second kappa shape index (κ2) is 13.9. The Morgan fingerprint density at radius 3 is 2.60 bits per heavy atom. The zero-order valence-electron chi connectivity index (χ0n) is 30.5. The van der Waals surface area contributed by atoms with Gasteiger partial charge in [0.2, 0.25) is 5.91 Å². The van der Waals surface area contributed by atoms with Crippen molar-refractivity contribution in [3.63, 3.8) is 0 Å². The first-order valence-corrected chi connectivity index (χ1v) is 21.5. The summed E-state index contributed by atoms with van der Waals surface area (Å²) in [4.78, 5) is 21.2. The molecule has 0 radical (unpaired) electrons. The van der Waals surface area contributed by atoms with Crippen molar-refractivity contribution in [3.8, 4) is 17.2 Å². The Bertz CT molecular complexity index is 2550. The molecule has 5 aliphatic rings. The highest BCUT2D eigenvalue weighted by Crippen LogP contribution is 2.51. The number of nitrogens with one attached hydrogen (secondary N) is 1. The molecule has 5 atom stereocenters. The number of fused-ring (bicyclic) bond motifs is 4. The Balaban J connectivity index is 1.21. The molecule has 1 N–H and O–H groups in total. The summed E-state index contributed by atoms with van der Waals surface area (Å²) in [6.07, 6.45) is 4.60. The molecule has 55 heavy (non-hydrogen) atoms. The Morgan fingerprint density at radius 2 is 1.89 bits per heavy atom. The summed E-state index contributed by atoms with van der Waals surface area (Å²) in [5, 5.41) is 15.4. The SMILES string of the molecule is Cc1nc2c(F)c(-c3cccc(Cl)c3Cl)c(CCC#N)cc2c2c1cc([C@H]1C[C@H](OCc3ccccc3S(C)(=O)=O)CN1C(=O)C1CC1)n2[C@H]1[C@H]2CN[C@@H]1C2. The van der Waals surface area contributed by atoms with Crippen LogP contribution in [-0.4, -0.2) is 60.3 Å². The molecule has 5 aromatic rings. The standard InChI is InChI=1S/C42H40Cl2FN5O4S/c1-22-29-18-34(33-17-27(20-49(33)42(51)23-12-13-23)54-21-25-7-3-4-11-35(25)55(2,52)53)50(40-26-16-32(40)47-19-26)41(29)30-15-24(8-6-14-46)36(38(45)39(30)48-22)28-9-5-10-31(43)37(28)44/h3-5,7,9-11,15,18,23,26-27,32-33,40,47H,6,8,12-13,16-17,19-21H2,1-2H3/t26-,27+,32-,33-,40+/m1/s1. The predicted octanol–water partition coefficient (Wildman–Crippen LogP) is 8.27. The van der Waals surface area contributed by atoms with Crippen LogP contribution in [0.3, 0.4) is 0 Å². The number of benzene rings is 3. The molecule has 5 heterocycles. The van der Waals surface area contributed by atoms with Crippen LogP contribution in [-0.2, 0) is 32.4 Å². The maximum atomic E-state index is 17.2. The predicted molar refractivity (Wildman–Crippen MR) is 210 cm³/mol. The highest BCUT2D eigenvalue weighted by atomic mass is 35.5. The van der Waals surface area contributed by atoms with Crippen LogP contribution in [0.5, 0.6) is 0 Å². The maximum Gasteiger partial charge on any atom is 0.226 e. The van der Waals surface area contributed by atoms with E-state index in [1.54, 1.807) is 42.5 Å². The van der Waals surface area contributed by atoms with Crippen molar-refractivity contribution in [1.29, 1.82) is 5.26 Å². The van der Waals surface area contributed by atoms with E-state index in [1.807, 2.05) is 17.9 Å². The summed E-state index contributed by atoms with van der Waals surface area (Å²) in [5.41, 5.74) is 4.67. The summed E-state index contributed by atoms with van der Waals surface area (Å²) in [6, 6.07) is 18.3. The number of likely N-dealkylation sites (tertiary alicyclic amines) is 1. The summed E-state index contributed by atoms with van der Waals surface area (Å²) in [6.45, 7) is 3.25. The highest BCUT2D eigenvalue weighted by molar-refractivity contribution is 7.90. The minimum atomic E-state index is -3.46. The molecule has 3 aromatic carbocycles. The fourth-order valence-electron chi connectivity index (χ4n) is 9.30. The number of halogens is 3. The van der Waals surface area contributed by atoms with Gasteiger partial charge in [-0.05, 0) is 73.9 Å². The largest absolute Gasteiger partial charge is 0.372 e. The van der Waals surface area contributed by atoms with Crippen LogP contribution in [0.4, 0.5) is 4.39 Å². The van der Waals surface area contributed by atoms with Crippen molar-refractivity contribution < 1.29 is 22.3 Å². The van der Waals surface area contributed by atoms with Crippen LogP contribution in [0.15, 0.2) is 59.5 Å². The van der Waals surface area contributed by atoms with Crippen LogP contribution in [0.25, 0.3) is 32.9 Å². The Kier molecular flexibility index (Phi) is 9.21. The topological polar surface area (TPSA) is 117 Å². The van der Waals surface area contributed by atoms with Crippen molar-refractivity contribution >= 4 is 60.8 Å². The van der Waals surface area contributed by atoms with Gasteiger partial charge in [0.15, 0.2) is 15.7 Å². The third-order valence-corrected chi connectivity index (χ3v) is 14.1. The molecule has 284 valence electrons. The first-order chi connectivity index (χ1) is 26.4. The Morgan fingerprint density at radius 1 is 1.09 bits per heavy atom. The van der Waals surface area contributed by atoms with Crippen molar-refractivity contribution in [2.75, 3.05) is 19.3 Å². The van der Waals surface area contributed by atoms with Gasteiger partial charge in [-0.25, -0.2) is 17.8 Å². The van der Waals surface area contributed by atoms with E-state index in [0.717, 1.165) is 42.4 Å². The van der Waals surface area contributed by atoms with Gasteiger partial charge in [-0.1, -0.05) is 53.5 Å². The summed E-state index contributed by atoms with van der Waals surface area (Å²) in [5.74, 6) is -0.0715. The lowest BCUT2D eigenvalue weighted by atomic mass is 9.79. The van der Waals surface area contributed by atoms with Gasteiger partial charge in [0.25, 0.3) is 0 Å². The fourth-order valence-corrected chi connectivity index (χ4v) is 10.6. The number of ether oxygens (including phenoxy) is 1. The molecule has 9 nitrogen and oxygen atoms in total. The molecule has 0 unspecified atom stereocenters. The summed E-state index contributed by atoms with van der Waals surface area (Å²) < 4.78 is 51.2. The number of rotatable bonds is 10. The fraction of sp³-hybridized carbons (Fsp3) is 0.405. The van der Waals surface area contributed by atoms with Gasteiger partial charge < -0.3 is 19.5 Å². The monoisotopic (exact) mass is 799 g/mol. The summed E-state index contributed by atoms with van der Waals surface area (Å²) in [7, 11) is -3.46. The third-order valence-electron chi connectivity index (χ3n) is 12.1. The van der Waals surface area contributed by atoms with E-state index in [2.05, 4.69) is 22.0 Å². The average Bonchev–Trinajstić information content (AvgIpc) is 3.45. The normalized spacial score (nSPS) is 23.4. The molecule has 2 saturated carbocycles. The molecule has 2 bridgehead atoms. The smallest absolute Gasteiger partial charge is 0.226 e. The van der Waals surface area contributed by atoms with Crippen molar-refractivity contribution in [3.05, 3.63) is 93.0 Å². The minimum absolute atomic E-state index is 0.0238. The molecule has 0 spiro atoms. The van der Waals surface area contributed by atoms with E-state index in [1.165, 1.54) is 6.26 Å². The maximum absolute atomic E-state index is 17.2. The number of carbonyl (C=O) groups is 1. The zero-order chi connectivity index (χ0) is 38.3.